The van der Waals surface area contributed by atoms with E-state index < -0.39 is 0 Å². The summed E-state index contributed by atoms with van der Waals surface area (Å²) >= 11 is 0.291. The van der Waals surface area contributed by atoms with Gasteiger partial charge in [-0.05, 0) is 0 Å². The van der Waals surface area contributed by atoms with E-state index in [-0.39, 0.29) is 0 Å². The molecule has 0 fully saturated rings. The minimum atomic E-state index is 0.291. The molecule has 0 rings (SSSR count). The molecule has 4 heavy (non-hydrogen) atoms. The maximum atomic E-state index is 9.54. The van der Waals surface area contributed by atoms with E-state index >= 15 is 0 Å². The molecule has 0 aliphatic rings. The van der Waals surface area contributed by atoms with Gasteiger partial charge >= 0.3 is 39.6 Å². The molecule has 0 bridgehead atoms. The summed E-state index contributed by atoms with van der Waals surface area (Å²) in [6.07, 6.45) is 0. The van der Waals surface area contributed by atoms with Crippen molar-refractivity contribution in [3.8, 4) is 0 Å². The number of hydrogen-bond acceptors (Lipinski definition) is 1. The maximum absolute atomic E-state index is 9.54. The molecule has 0 atom stereocenters. The van der Waals surface area contributed by atoms with Crippen molar-refractivity contribution in [2.45, 2.75) is 6.92 Å². The van der Waals surface area contributed by atoms with Crippen LogP contribution in [0.1, 0.15) is 6.92 Å². The number of carbonyl (C=O) groups is 1. The molecular formula is C2H5InO. The fraction of sp³-hybridized carbons (Fsp3) is 0.500. The van der Waals surface area contributed by atoms with Crippen molar-refractivity contribution >= 4 is 27.9 Å². The zero-order chi connectivity index (χ0) is 3.58. The molecule has 0 N–H and O–H groups in total. The van der Waals surface area contributed by atoms with Crippen LogP contribution in [0, 0.1) is 0 Å². The van der Waals surface area contributed by atoms with Gasteiger partial charge in [0.1, 0.15) is 0 Å². The summed E-state index contributed by atoms with van der Waals surface area (Å²) in [7, 11) is 0. The third-order valence-electron chi connectivity index (χ3n) is 0. The van der Waals surface area contributed by atoms with E-state index in [1.54, 1.807) is 6.92 Å². The molecule has 0 saturated heterocycles. The molecule has 0 heterocycles. The molecule has 0 radical (unpaired) electrons. The van der Waals surface area contributed by atoms with E-state index in [9.17, 15) is 4.79 Å². The summed E-state index contributed by atoms with van der Waals surface area (Å²) in [5, 5.41) is 0. The van der Waals surface area contributed by atoms with Gasteiger partial charge in [-0.1, -0.05) is 0 Å². The van der Waals surface area contributed by atoms with Crippen LogP contribution in [0.2, 0.25) is 0 Å². The summed E-state index contributed by atoms with van der Waals surface area (Å²) in [6, 6.07) is 0. The first-order valence-electron chi connectivity index (χ1n) is 1.20. The Hall–Kier alpha value is 0.540. The number of hydrogen-bond donors (Lipinski definition) is 0. The molecule has 2 heteroatoms. The Labute approximate surface area is 40.0 Å². The molecule has 0 aromatic rings. The van der Waals surface area contributed by atoms with Crippen molar-refractivity contribution < 1.29 is 4.79 Å². The fourth-order valence-corrected chi connectivity index (χ4v) is 0. The molecule has 0 spiro atoms. The van der Waals surface area contributed by atoms with E-state index in [2.05, 4.69) is 0 Å². The van der Waals surface area contributed by atoms with Crippen LogP contribution in [0.4, 0.5) is 0 Å². The Morgan fingerprint density at radius 2 is 2.00 bits per heavy atom. The zero-order valence-electron chi connectivity index (χ0n) is 2.91. The molecule has 0 aliphatic carbocycles. The quantitative estimate of drug-likeness (QED) is 0.451. The molecular weight excluding hydrogens is 155 g/mol. The predicted octanol–water partition coefficient (Wildman–Crippen LogP) is -0.834. The van der Waals surface area contributed by atoms with Gasteiger partial charge in [-0.25, -0.2) is 0 Å². The van der Waals surface area contributed by atoms with Gasteiger partial charge in [-0.3, -0.25) is 0 Å². The third-order valence-corrected chi connectivity index (χ3v) is 0. The Kier molecular flexibility index (Phi) is 2.07. The van der Waals surface area contributed by atoms with Crippen LogP contribution in [-0.2, 0) is 4.79 Å². The van der Waals surface area contributed by atoms with Gasteiger partial charge in [-0.2, -0.15) is 0 Å². The fourth-order valence-electron chi connectivity index (χ4n) is 0. The van der Waals surface area contributed by atoms with E-state index in [0.717, 1.165) is 0 Å². The summed E-state index contributed by atoms with van der Waals surface area (Å²) in [5.41, 5.74) is 0. The first-order chi connectivity index (χ1) is 1.73. The van der Waals surface area contributed by atoms with Gasteiger partial charge in [0.25, 0.3) is 0 Å². The summed E-state index contributed by atoms with van der Waals surface area (Å²) < 4.78 is 0.377. The van der Waals surface area contributed by atoms with Crippen LogP contribution < -0.4 is 0 Å². The van der Waals surface area contributed by atoms with Gasteiger partial charge in [0, 0.05) is 0 Å². The second kappa shape index (κ2) is 1.82. The average molecular weight is 160 g/mol. The van der Waals surface area contributed by atoms with Crippen LogP contribution in [0.3, 0.4) is 0 Å². The van der Waals surface area contributed by atoms with Gasteiger partial charge < -0.3 is 0 Å². The molecule has 0 unspecified atom stereocenters. The van der Waals surface area contributed by atoms with Gasteiger partial charge in [0.2, 0.25) is 0 Å². The van der Waals surface area contributed by atoms with Crippen molar-refractivity contribution in [2.24, 2.45) is 0 Å². The molecule has 0 aromatic carbocycles. The zero-order valence-corrected chi connectivity index (χ0v) is 8.62. The third kappa shape index (κ3) is 20.7. The van der Waals surface area contributed by atoms with Crippen molar-refractivity contribution in [1.29, 1.82) is 0 Å². The second-order valence-corrected chi connectivity index (χ2v) is 4.93. The van der Waals surface area contributed by atoms with Gasteiger partial charge in [-0.15, -0.1) is 0 Å². The van der Waals surface area contributed by atoms with Crippen molar-refractivity contribution in [3.63, 3.8) is 0 Å². The molecule has 0 saturated carbocycles. The molecule has 22 valence electrons. The van der Waals surface area contributed by atoms with Crippen LogP contribution >= 0.6 is 0 Å². The topological polar surface area (TPSA) is 17.1 Å². The Balaban J connectivity index is 2.80. The second-order valence-electron chi connectivity index (χ2n) is 0.908. The molecule has 0 aromatic heterocycles. The Bertz CT molecular complexity index is 29.0. The predicted molar refractivity (Wildman–Crippen MR) is 19.2 cm³/mol. The first kappa shape index (κ1) is 4.54. The average Bonchev–Trinajstić information content (AvgIpc) is 0.811. The number of carbonyl (C=O) groups excluding carboxylic acids is 1. The minimum absolute atomic E-state index is 0.291. The van der Waals surface area contributed by atoms with Crippen molar-refractivity contribution in [1.82, 2.24) is 0 Å². The van der Waals surface area contributed by atoms with Crippen molar-refractivity contribution in [2.75, 3.05) is 0 Å². The Morgan fingerprint density at radius 3 is 2.00 bits per heavy atom. The molecule has 0 aliphatic heterocycles. The summed E-state index contributed by atoms with van der Waals surface area (Å²) in [4.78, 5) is 9.54. The van der Waals surface area contributed by atoms with Gasteiger partial charge in [0.15, 0.2) is 0 Å². The normalized spacial score (nSPS) is 6.25. The Morgan fingerprint density at radius 1 is 2.00 bits per heavy atom. The van der Waals surface area contributed by atoms with Crippen LogP contribution in [0.5, 0.6) is 0 Å². The van der Waals surface area contributed by atoms with Gasteiger partial charge in [0.05, 0.1) is 0 Å². The van der Waals surface area contributed by atoms with E-state index in [4.69, 9.17) is 0 Å². The first-order valence-corrected chi connectivity index (χ1v) is 4.06. The summed E-state index contributed by atoms with van der Waals surface area (Å²) in [6.45, 7) is 1.62. The summed E-state index contributed by atoms with van der Waals surface area (Å²) in [5.74, 6) is 0. The standard InChI is InChI=1S/C2H3O.In.2H/c1-2-3;;;/h1H3;;;. The van der Waals surface area contributed by atoms with E-state index in [1.807, 2.05) is 0 Å². The molecule has 1 nitrogen and oxygen atoms in total. The van der Waals surface area contributed by atoms with E-state index in [1.165, 1.54) is 0 Å². The van der Waals surface area contributed by atoms with Crippen molar-refractivity contribution in [3.05, 3.63) is 0 Å². The van der Waals surface area contributed by atoms with E-state index in [0.29, 0.717) is 27.9 Å². The SMILES string of the molecule is C[C](=O)[InH2]. The van der Waals surface area contributed by atoms with Crippen LogP contribution in [0.25, 0.3) is 0 Å². The van der Waals surface area contributed by atoms with Crippen LogP contribution in [0.15, 0.2) is 0 Å². The van der Waals surface area contributed by atoms with Crippen LogP contribution in [-0.4, -0.2) is 27.9 Å². The monoisotopic (exact) mass is 160 g/mol. The molecule has 0 amide bonds. The number of rotatable bonds is 0.